The Balaban J connectivity index is 0.000000510. The number of hydrogen-bond donors (Lipinski definition) is 0. The molecule has 1 aromatic rings. The molecule has 4 nitrogen and oxygen atoms in total. The fourth-order valence-corrected chi connectivity index (χ4v) is 7.37. The molecule has 0 aromatic heterocycles. The second-order valence-corrected chi connectivity index (χ2v) is 14.4. The third kappa shape index (κ3) is 11.3. The lowest BCUT2D eigenvalue weighted by Crippen LogP contribution is -2.52. The van der Waals surface area contributed by atoms with Gasteiger partial charge in [-0.25, -0.2) is 0 Å². The standard InChI is InChI=1S/C6H6Cl6.C6Cl6.C6H12N2O2S2/c2*7-1-2(8)4(10)6(12)5(11)3(1)9;1-7(2)5(9)11-12-6(10)8(3)4/h1-6H;;1-4H3. The molecule has 208 valence electrons. The second-order valence-electron chi connectivity index (χ2n) is 7.04. The summed E-state index contributed by atoms with van der Waals surface area (Å²) in [7, 11) is 8.46. The van der Waals surface area contributed by atoms with Gasteiger partial charge in [0, 0.05) is 49.8 Å². The molecule has 1 aliphatic carbocycles. The molecule has 1 aliphatic rings. The summed E-state index contributed by atoms with van der Waals surface area (Å²) in [4.78, 5) is 24.8. The van der Waals surface area contributed by atoms with Crippen molar-refractivity contribution in [1.82, 2.24) is 9.80 Å². The monoisotopic (exact) mass is 778 g/mol. The van der Waals surface area contributed by atoms with Crippen LogP contribution in [0.1, 0.15) is 0 Å². The smallest absolute Gasteiger partial charge is 0.292 e. The van der Waals surface area contributed by atoms with E-state index in [1.54, 1.807) is 28.2 Å². The van der Waals surface area contributed by atoms with Gasteiger partial charge in [0.05, 0.1) is 62.4 Å². The van der Waals surface area contributed by atoms with Gasteiger partial charge >= 0.3 is 0 Å². The summed E-state index contributed by atoms with van der Waals surface area (Å²) in [6.45, 7) is 0. The minimum Gasteiger partial charge on any atom is -0.339 e. The number of amides is 2. The van der Waals surface area contributed by atoms with Crippen molar-refractivity contribution >= 4 is 171 Å². The fourth-order valence-electron chi connectivity index (χ4n) is 1.85. The molecule has 0 spiro atoms. The van der Waals surface area contributed by atoms with E-state index in [1.807, 2.05) is 0 Å². The van der Waals surface area contributed by atoms with E-state index in [1.165, 1.54) is 9.80 Å². The van der Waals surface area contributed by atoms with Gasteiger partial charge in [-0.3, -0.25) is 9.59 Å². The van der Waals surface area contributed by atoms with Crippen LogP contribution in [-0.4, -0.2) is 80.7 Å². The van der Waals surface area contributed by atoms with Crippen molar-refractivity contribution < 1.29 is 9.59 Å². The summed E-state index contributed by atoms with van der Waals surface area (Å²) in [6, 6.07) is 0. The Morgan fingerprint density at radius 3 is 0.722 bits per heavy atom. The van der Waals surface area contributed by atoms with E-state index in [0.29, 0.717) is 0 Å². The minimum absolute atomic E-state index is 0.109. The number of carbonyl (C=O) groups is 2. The molecular formula is C18H18Cl12N2O2S2. The molecule has 18 heteroatoms. The van der Waals surface area contributed by atoms with Crippen molar-refractivity contribution in [2.45, 2.75) is 32.3 Å². The number of hydrogen-bond acceptors (Lipinski definition) is 4. The van der Waals surface area contributed by atoms with Crippen molar-refractivity contribution in [3.8, 4) is 0 Å². The highest BCUT2D eigenvalue weighted by atomic mass is 35.5. The Bertz CT molecular complexity index is 728. The third-order valence-electron chi connectivity index (χ3n) is 3.90. The summed E-state index contributed by atoms with van der Waals surface area (Å²) >= 11 is 69.3. The molecule has 36 heavy (non-hydrogen) atoms. The Morgan fingerprint density at radius 1 is 0.472 bits per heavy atom. The lowest BCUT2D eigenvalue weighted by molar-refractivity contribution is 0.240. The first-order valence-electron chi connectivity index (χ1n) is 9.16. The summed E-state index contributed by atoms with van der Waals surface area (Å²) in [6.07, 6.45) is 0. The van der Waals surface area contributed by atoms with Crippen LogP contribution in [0, 0.1) is 0 Å². The third-order valence-corrected chi connectivity index (χ3v) is 13.0. The van der Waals surface area contributed by atoms with E-state index in [0.717, 1.165) is 21.6 Å². The predicted molar refractivity (Wildman–Crippen MR) is 168 cm³/mol. The zero-order valence-corrected chi connectivity index (χ0v) is 29.2. The number of alkyl halides is 6. The van der Waals surface area contributed by atoms with Crippen LogP contribution in [0.2, 0.25) is 30.1 Å². The van der Waals surface area contributed by atoms with Gasteiger partial charge in [-0.1, -0.05) is 69.6 Å². The summed E-state index contributed by atoms with van der Waals surface area (Å²) in [5.41, 5.74) is 0. The van der Waals surface area contributed by atoms with Gasteiger partial charge < -0.3 is 9.80 Å². The molecule has 1 aromatic carbocycles. The van der Waals surface area contributed by atoms with E-state index in [-0.39, 0.29) is 40.6 Å². The van der Waals surface area contributed by atoms with Crippen LogP contribution in [0.15, 0.2) is 0 Å². The normalized spacial score (nSPS) is 25.1. The number of nitrogens with zero attached hydrogens (tertiary/aromatic N) is 2. The molecule has 0 N–H and O–H groups in total. The van der Waals surface area contributed by atoms with Gasteiger partial charge in [0.2, 0.25) is 0 Å². The van der Waals surface area contributed by atoms with Crippen LogP contribution in [0.5, 0.6) is 0 Å². The van der Waals surface area contributed by atoms with E-state index < -0.39 is 32.3 Å². The van der Waals surface area contributed by atoms with Crippen molar-refractivity contribution in [2.24, 2.45) is 0 Å². The van der Waals surface area contributed by atoms with Crippen LogP contribution in [0.3, 0.4) is 0 Å². The van der Waals surface area contributed by atoms with Crippen LogP contribution < -0.4 is 0 Å². The Kier molecular flexibility index (Phi) is 19.2. The number of halogens is 12. The highest BCUT2D eigenvalue weighted by Crippen LogP contribution is 2.46. The maximum absolute atomic E-state index is 11.0. The van der Waals surface area contributed by atoms with Gasteiger partial charge in [0.25, 0.3) is 10.5 Å². The fraction of sp³-hybridized carbons (Fsp3) is 0.556. The molecule has 1 fully saturated rings. The predicted octanol–water partition coefficient (Wildman–Crippen LogP) is 11.0. The maximum atomic E-state index is 11.0. The van der Waals surface area contributed by atoms with Crippen molar-refractivity contribution in [2.75, 3.05) is 28.2 Å². The quantitative estimate of drug-likeness (QED) is 0.114. The molecular weight excluding hydrogens is 766 g/mol. The second kappa shape index (κ2) is 18.0. The average molecular weight is 784 g/mol. The van der Waals surface area contributed by atoms with Crippen LogP contribution >= 0.6 is 161 Å². The minimum atomic E-state index is -0.437. The maximum Gasteiger partial charge on any atom is 0.292 e. The molecule has 0 unspecified atom stereocenters. The zero-order valence-electron chi connectivity index (χ0n) is 18.5. The Labute approximate surface area is 278 Å². The largest absolute Gasteiger partial charge is 0.339 e. The first kappa shape index (κ1) is 38.3. The highest BCUT2D eigenvalue weighted by Gasteiger charge is 2.46. The van der Waals surface area contributed by atoms with E-state index >= 15 is 0 Å². The van der Waals surface area contributed by atoms with Crippen LogP contribution in [-0.2, 0) is 0 Å². The molecule has 0 aliphatic heterocycles. The highest BCUT2D eigenvalue weighted by molar-refractivity contribution is 8.87. The summed E-state index contributed by atoms with van der Waals surface area (Å²) in [5.74, 6) is 0. The average Bonchev–Trinajstić information content (AvgIpc) is 2.84. The zero-order chi connectivity index (χ0) is 28.7. The molecule has 2 rings (SSSR count). The molecule has 1 saturated carbocycles. The molecule has 0 bridgehead atoms. The number of benzene rings is 1. The van der Waals surface area contributed by atoms with E-state index in [2.05, 4.69) is 0 Å². The van der Waals surface area contributed by atoms with Crippen molar-refractivity contribution in [3.63, 3.8) is 0 Å². The van der Waals surface area contributed by atoms with Crippen LogP contribution in [0.25, 0.3) is 0 Å². The molecule has 0 heterocycles. The topological polar surface area (TPSA) is 40.6 Å². The first-order valence-corrected chi connectivity index (χ1v) is 16.2. The molecule has 0 atom stereocenters. The lowest BCUT2D eigenvalue weighted by atomic mass is 9.97. The summed E-state index contributed by atoms with van der Waals surface area (Å²) in [5, 5.41) is -2.23. The van der Waals surface area contributed by atoms with Gasteiger partial charge in [-0.2, -0.15) is 0 Å². The number of carbonyl (C=O) groups excluding carboxylic acids is 2. The first-order chi connectivity index (χ1) is 16.4. The van der Waals surface area contributed by atoms with Gasteiger partial charge in [-0.15, -0.1) is 69.6 Å². The Morgan fingerprint density at radius 2 is 0.611 bits per heavy atom. The van der Waals surface area contributed by atoms with Crippen LogP contribution in [0.4, 0.5) is 9.59 Å². The van der Waals surface area contributed by atoms with Gasteiger partial charge in [0.15, 0.2) is 0 Å². The van der Waals surface area contributed by atoms with Crippen molar-refractivity contribution in [1.29, 1.82) is 0 Å². The molecule has 0 radical (unpaired) electrons. The van der Waals surface area contributed by atoms with Gasteiger partial charge in [-0.05, 0) is 0 Å². The molecule has 2 amide bonds. The van der Waals surface area contributed by atoms with E-state index in [9.17, 15) is 9.59 Å². The lowest BCUT2D eigenvalue weighted by Gasteiger charge is -2.37. The van der Waals surface area contributed by atoms with Gasteiger partial charge in [0.1, 0.15) is 0 Å². The number of rotatable bonds is 0. The van der Waals surface area contributed by atoms with Crippen molar-refractivity contribution in [3.05, 3.63) is 30.1 Å². The Hall–Kier alpha value is 2.34. The molecule has 0 saturated heterocycles. The SMILES string of the molecule is CN(C)C(=O)SSC(=O)N(C)C.ClC1C(Cl)C(Cl)C(Cl)C(Cl)C1Cl.Clc1c(Cl)c(Cl)c(Cl)c(Cl)c1Cl. The van der Waals surface area contributed by atoms with E-state index in [4.69, 9.17) is 139 Å². The summed E-state index contributed by atoms with van der Waals surface area (Å²) < 4.78 is 0.